The molecule has 0 aliphatic heterocycles. The molecule has 0 aromatic heterocycles. The Morgan fingerprint density at radius 3 is 1.70 bits per heavy atom. The summed E-state index contributed by atoms with van der Waals surface area (Å²) in [4.78, 5) is 10.2. The summed E-state index contributed by atoms with van der Waals surface area (Å²) in [6.07, 6.45) is 0. The molecule has 0 aromatic rings. The van der Waals surface area contributed by atoms with Crippen LogP contribution in [0.2, 0.25) is 0 Å². The third-order valence-electron chi connectivity index (χ3n) is 1.05. The maximum atomic E-state index is 10.2. The van der Waals surface area contributed by atoms with Gasteiger partial charge in [0.2, 0.25) is 5.91 Å². The average molecular weight is 150 g/mol. The molecule has 0 saturated carbocycles. The third-order valence-corrected chi connectivity index (χ3v) is 1.05. The van der Waals surface area contributed by atoms with Crippen LogP contribution < -0.4 is 11.5 Å². The number of hydrogen-bond donors (Lipinski definition) is 2. The Balaban J connectivity index is -0.0000000740. The minimum atomic E-state index is -0.491. The first-order chi connectivity index (χ1) is 4.55. The van der Waals surface area contributed by atoms with Crippen LogP contribution in [0.5, 0.6) is 0 Å². The smallest absolute Gasteiger partial charge is 0.234 e. The van der Waals surface area contributed by atoms with E-state index in [1.165, 1.54) is 0 Å². The molecule has 0 spiro atoms. The first kappa shape index (κ1) is 12.1. The Bertz CT molecular complexity index is 99.4. The molecular weight excluding hydrogens is 128 g/mol. The summed E-state index contributed by atoms with van der Waals surface area (Å²) in [5.74, 6) is -0.285. The Morgan fingerprint density at radius 2 is 1.70 bits per heavy atom. The topological polar surface area (TPSA) is 69.1 Å². The van der Waals surface area contributed by atoms with Crippen LogP contribution in [0.15, 0.2) is 0 Å². The highest BCUT2D eigenvalue weighted by molar-refractivity contribution is 5.79. The van der Waals surface area contributed by atoms with Crippen LogP contribution >= 0.6 is 0 Å². The molecule has 3 nitrogen and oxygen atoms in total. The van der Waals surface area contributed by atoms with Gasteiger partial charge in [-0.1, -0.05) is 27.7 Å². The first-order valence-electron chi connectivity index (χ1n) is 3.60. The molecule has 1 amide bonds. The summed E-state index contributed by atoms with van der Waals surface area (Å²) in [5, 5.41) is 0. The fourth-order valence-corrected chi connectivity index (χ4v) is 0.329. The molecule has 3 heteroatoms. The number of nitrogens with two attached hydrogens (primary N) is 2. The van der Waals surface area contributed by atoms with Crippen LogP contribution in [-0.2, 0) is 4.79 Å². The van der Waals surface area contributed by atoms with Crippen molar-refractivity contribution in [3.63, 3.8) is 0 Å². The van der Waals surface area contributed by atoms with Gasteiger partial charge in [-0.25, -0.2) is 0 Å². The van der Waals surface area contributed by atoms with Gasteiger partial charge in [0.1, 0.15) is 0 Å². The Hall–Kier alpha value is -0.570. The average Bonchev–Trinajstić information content (AvgIpc) is 1.90. The molecule has 66 valence electrons. The van der Waals surface area contributed by atoms with Gasteiger partial charge in [0, 0.05) is 2.85 Å². The van der Waals surface area contributed by atoms with Gasteiger partial charge in [0.25, 0.3) is 0 Å². The predicted octanol–water partition coefficient (Wildman–Crippen LogP) is 0.973. The lowest BCUT2D eigenvalue weighted by Gasteiger charge is -2.09. The second kappa shape index (κ2) is 6.55. The van der Waals surface area contributed by atoms with Crippen molar-refractivity contribution in [3.8, 4) is 0 Å². The van der Waals surface area contributed by atoms with Crippen molar-refractivity contribution in [2.24, 2.45) is 17.4 Å². The van der Waals surface area contributed by atoms with E-state index in [2.05, 4.69) is 0 Å². The number of amides is 1. The summed E-state index contributed by atoms with van der Waals surface area (Å²) in [6, 6.07) is -0.491. The minimum Gasteiger partial charge on any atom is -0.368 e. The van der Waals surface area contributed by atoms with Crippen LogP contribution in [0.1, 0.15) is 30.5 Å². The number of carbonyl (C=O) groups excluding carboxylic acids is 1. The lowest BCUT2D eigenvalue weighted by atomic mass is 10.1. The summed E-state index contributed by atoms with van der Waals surface area (Å²) < 4.78 is 0. The van der Waals surface area contributed by atoms with E-state index in [0.717, 1.165) is 0 Å². The van der Waals surface area contributed by atoms with Gasteiger partial charge in [-0.15, -0.1) is 0 Å². The van der Waals surface area contributed by atoms with Gasteiger partial charge < -0.3 is 11.5 Å². The van der Waals surface area contributed by atoms with E-state index in [0.29, 0.717) is 0 Å². The van der Waals surface area contributed by atoms with Crippen molar-refractivity contribution in [2.45, 2.75) is 33.7 Å². The van der Waals surface area contributed by atoms with Crippen molar-refractivity contribution in [2.75, 3.05) is 0 Å². The van der Waals surface area contributed by atoms with E-state index in [1.807, 2.05) is 27.7 Å². The Kier molecular flexibility index (Phi) is 7.95. The van der Waals surface area contributed by atoms with Crippen LogP contribution in [0, 0.1) is 5.92 Å². The lowest BCUT2D eigenvalue weighted by Crippen LogP contribution is -2.40. The quantitative estimate of drug-likeness (QED) is 0.616. The van der Waals surface area contributed by atoms with Crippen LogP contribution in [0.3, 0.4) is 0 Å². The molecule has 0 aliphatic rings. The Labute approximate surface area is 65.7 Å². The highest BCUT2D eigenvalue weighted by Gasteiger charge is 2.12. The molecule has 0 saturated heterocycles. The van der Waals surface area contributed by atoms with Crippen LogP contribution in [-0.4, -0.2) is 11.9 Å². The lowest BCUT2D eigenvalue weighted by molar-refractivity contribution is -0.120. The maximum Gasteiger partial charge on any atom is 0.234 e. The SMILES string of the molecule is CC.CC(C)[C@H](N)C(N)=O.[HH].[HH]. The summed E-state index contributed by atoms with van der Waals surface area (Å²) in [5.41, 5.74) is 10.2. The zero-order chi connectivity index (χ0) is 8.73. The molecule has 0 fully saturated rings. The highest BCUT2D eigenvalue weighted by Crippen LogP contribution is 1.95. The van der Waals surface area contributed by atoms with E-state index < -0.39 is 11.9 Å². The van der Waals surface area contributed by atoms with E-state index in [1.54, 1.807) is 0 Å². The van der Waals surface area contributed by atoms with Gasteiger partial charge in [0.15, 0.2) is 0 Å². The van der Waals surface area contributed by atoms with Gasteiger partial charge in [-0.05, 0) is 5.92 Å². The first-order valence-corrected chi connectivity index (χ1v) is 3.60. The van der Waals surface area contributed by atoms with Crippen molar-refractivity contribution in [3.05, 3.63) is 0 Å². The van der Waals surface area contributed by atoms with Crippen molar-refractivity contribution >= 4 is 5.91 Å². The molecule has 0 heterocycles. The number of carbonyl (C=O) groups is 1. The second-order valence-electron chi connectivity index (χ2n) is 2.17. The largest absolute Gasteiger partial charge is 0.368 e. The number of rotatable bonds is 2. The summed E-state index contributed by atoms with van der Waals surface area (Å²) >= 11 is 0. The highest BCUT2D eigenvalue weighted by atomic mass is 16.1. The predicted molar refractivity (Wildman–Crippen MR) is 47.6 cm³/mol. The van der Waals surface area contributed by atoms with Crippen LogP contribution in [0.25, 0.3) is 0 Å². The van der Waals surface area contributed by atoms with Crippen LogP contribution in [0.4, 0.5) is 0 Å². The molecule has 0 aromatic carbocycles. The van der Waals surface area contributed by atoms with E-state index in [-0.39, 0.29) is 8.77 Å². The van der Waals surface area contributed by atoms with E-state index in [9.17, 15) is 4.79 Å². The minimum absolute atomic E-state index is 0. The molecule has 0 rings (SSSR count). The number of hydrogen-bond acceptors (Lipinski definition) is 2. The standard InChI is InChI=1S/C5H12N2O.C2H6.2H2/c1-3(2)4(6)5(7)8;1-2;;/h3-4H,6H2,1-2H3,(H2,7,8);1-2H3;2*1H/t4-;;;/m0.../s1. The fourth-order valence-electron chi connectivity index (χ4n) is 0.329. The fraction of sp³-hybridized carbons (Fsp3) is 0.857. The molecule has 0 bridgehead atoms. The molecular formula is C7H22N2O. The van der Waals surface area contributed by atoms with Crippen molar-refractivity contribution in [1.29, 1.82) is 0 Å². The zero-order valence-electron chi connectivity index (χ0n) is 7.22. The van der Waals surface area contributed by atoms with Gasteiger partial charge in [-0.2, -0.15) is 0 Å². The summed E-state index contributed by atoms with van der Waals surface area (Å²) in [7, 11) is 0. The second-order valence-corrected chi connectivity index (χ2v) is 2.17. The zero-order valence-corrected chi connectivity index (χ0v) is 7.22. The number of primary amides is 1. The van der Waals surface area contributed by atoms with Gasteiger partial charge in [0.05, 0.1) is 6.04 Å². The molecule has 4 N–H and O–H groups in total. The van der Waals surface area contributed by atoms with Gasteiger partial charge in [-0.3, -0.25) is 4.79 Å². The maximum absolute atomic E-state index is 10.2. The van der Waals surface area contributed by atoms with E-state index in [4.69, 9.17) is 11.5 Å². The molecule has 0 radical (unpaired) electrons. The monoisotopic (exact) mass is 150 g/mol. The van der Waals surface area contributed by atoms with Crippen molar-refractivity contribution in [1.82, 2.24) is 0 Å². The van der Waals surface area contributed by atoms with Gasteiger partial charge >= 0.3 is 0 Å². The molecule has 0 aliphatic carbocycles. The third kappa shape index (κ3) is 5.56. The Morgan fingerprint density at radius 1 is 1.40 bits per heavy atom. The van der Waals surface area contributed by atoms with Crippen molar-refractivity contribution < 1.29 is 7.65 Å². The molecule has 1 atom stereocenters. The molecule has 10 heavy (non-hydrogen) atoms. The van der Waals surface area contributed by atoms with E-state index >= 15 is 0 Å². The summed E-state index contributed by atoms with van der Waals surface area (Å²) in [6.45, 7) is 7.71. The normalized spacial score (nSPS) is 11.8. The molecule has 0 unspecified atom stereocenters.